The summed E-state index contributed by atoms with van der Waals surface area (Å²) in [6.07, 6.45) is -1.19. The topological polar surface area (TPSA) is 133 Å². The lowest BCUT2D eigenvalue weighted by Gasteiger charge is -2.43. The second kappa shape index (κ2) is 6.99. The molecule has 0 bridgehead atoms. The highest BCUT2D eigenvalue weighted by Crippen LogP contribution is 2.35. The number of amides is 1. The maximum atomic E-state index is 13.5. The number of benzene rings is 1. The number of aromatic amines is 1. The minimum Gasteiger partial charge on any atom is -0.481 e. The van der Waals surface area contributed by atoms with E-state index in [1.807, 2.05) is 0 Å². The van der Waals surface area contributed by atoms with E-state index in [0.717, 1.165) is 0 Å². The number of carbonyl (C=O) groups is 2. The number of halogens is 1. The number of anilines is 1. The standard InChI is InChI=1S/C18H21FN4O4/c1-10-14(22-17(20)21-10)15(25)23-6-5-13(24)18(9-23,16(26)27)8-11-3-2-4-12(19)7-11/h2-4,7,13,24H,5-6,8-9H2,1H3,(H,26,27)(H3,20,21,22)/t13-,18-/m1/s1. The van der Waals surface area contributed by atoms with E-state index in [1.165, 1.54) is 23.1 Å². The van der Waals surface area contributed by atoms with Gasteiger partial charge in [0.1, 0.15) is 11.2 Å². The predicted molar refractivity (Wildman–Crippen MR) is 94.4 cm³/mol. The molecule has 27 heavy (non-hydrogen) atoms. The van der Waals surface area contributed by atoms with Crippen LogP contribution in [0.3, 0.4) is 0 Å². The second-order valence-electron chi connectivity index (χ2n) is 6.89. The van der Waals surface area contributed by atoms with Crippen LogP contribution in [-0.4, -0.2) is 56.2 Å². The fourth-order valence-electron chi connectivity index (χ4n) is 3.56. The summed E-state index contributed by atoms with van der Waals surface area (Å²) in [5.74, 6) is -2.10. The number of aryl methyl sites for hydroxylation is 1. The van der Waals surface area contributed by atoms with Crippen molar-refractivity contribution in [1.29, 1.82) is 0 Å². The normalized spacial score (nSPS) is 22.6. The smallest absolute Gasteiger partial charge is 0.314 e. The van der Waals surface area contributed by atoms with E-state index in [1.54, 1.807) is 13.0 Å². The molecule has 1 aromatic heterocycles. The molecule has 2 aromatic rings. The number of aliphatic hydroxyl groups excluding tert-OH is 1. The number of aromatic nitrogens is 2. The van der Waals surface area contributed by atoms with Crippen LogP contribution in [0.4, 0.5) is 10.3 Å². The molecule has 0 saturated carbocycles. The van der Waals surface area contributed by atoms with E-state index in [2.05, 4.69) is 9.97 Å². The van der Waals surface area contributed by atoms with Crippen LogP contribution in [0, 0.1) is 18.2 Å². The van der Waals surface area contributed by atoms with Crippen molar-refractivity contribution in [2.24, 2.45) is 5.41 Å². The molecule has 9 heteroatoms. The largest absolute Gasteiger partial charge is 0.481 e. The van der Waals surface area contributed by atoms with Gasteiger partial charge < -0.3 is 25.8 Å². The lowest BCUT2D eigenvalue weighted by Crippen LogP contribution is -2.58. The Morgan fingerprint density at radius 1 is 1.48 bits per heavy atom. The van der Waals surface area contributed by atoms with Crippen molar-refractivity contribution in [3.63, 3.8) is 0 Å². The zero-order valence-electron chi connectivity index (χ0n) is 14.8. The number of hydrogen-bond acceptors (Lipinski definition) is 5. The zero-order chi connectivity index (χ0) is 19.8. The molecule has 5 N–H and O–H groups in total. The number of rotatable bonds is 4. The summed E-state index contributed by atoms with van der Waals surface area (Å²) in [6, 6.07) is 5.57. The maximum absolute atomic E-state index is 13.5. The Bertz CT molecular complexity index is 884. The van der Waals surface area contributed by atoms with Gasteiger partial charge in [-0.2, -0.15) is 0 Å². The second-order valence-corrected chi connectivity index (χ2v) is 6.89. The number of carbonyl (C=O) groups excluding carboxylic acids is 1. The van der Waals surface area contributed by atoms with Crippen molar-refractivity contribution in [3.05, 3.63) is 47.0 Å². The summed E-state index contributed by atoms with van der Waals surface area (Å²) in [4.78, 5) is 33.0. The average Bonchev–Trinajstić information content (AvgIpc) is 2.94. The monoisotopic (exact) mass is 376 g/mol. The summed E-state index contributed by atoms with van der Waals surface area (Å²) < 4.78 is 13.5. The minimum absolute atomic E-state index is 0.0896. The fraction of sp³-hybridized carbons (Fsp3) is 0.389. The van der Waals surface area contributed by atoms with Gasteiger partial charge in [-0.15, -0.1) is 0 Å². The molecule has 2 heterocycles. The first-order valence-corrected chi connectivity index (χ1v) is 8.50. The molecule has 1 aromatic carbocycles. The minimum atomic E-state index is -1.64. The van der Waals surface area contributed by atoms with Crippen LogP contribution in [0.25, 0.3) is 0 Å². The summed E-state index contributed by atoms with van der Waals surface area (Å²) in [7, 11) is 0. The van der Waals surface area contributed by atoms with Gasteiger partial charge in [-0.1, -0.05) is 12.1 Å². The van der Waals surface area contributed by atoms with Crippen molar-refractivity contribution in [2.75, 3.05) is 18.8 Å². The predicted octanol–water partition coefficient (Wildman–Crippen LogP) is 0.960. The number of nitrogens with zero attached hydrogens (tertiary/aromatic N) is 2. The molecule has 1 aliphatic heterocycles. The van der Waals surface area contributed by atoms with Crippen LogP contribution in [-0.2, 0) is 11.2 Å². The molecule has 1 fully saturated rings. The molecular weight excluding hydrogens is 355 g/mol. The summed E-state index contributed by atoms with van der Waals surface area (Å²) in [6.45, 7) is 1.61. The first-order chi connectivity index (χ1) is 12.7. The Kier molecular flexibility index (Phi) is 4.88. The molecule has 1 saturated heterocycles. The Hall–Kier alpha value is -2.94. The number of nitrogens with two attached hydrogens (primary N) is 1. The third kappa shape index (κ3) is 3.50. The SMILES string of the molecule is Cc1[nH]c(N)nc1C(=O)N1CC[C@@H](O)[C@](Cc2cccc(F)c2)(C(=O)O)C1. The molecule has 0 radical (unpaired) electrons. The molecule has 0 spiro atoms. The van der Waals surface area contributed by atoms with Gasteiger partial charge in [0, 0.05) is 18.8 Å². The first-order valence-electron chi connectivity index (χ1n) is 8.50. The van der Waals surface area contributed by atoms with Gasteiger partial charge >= 0.3 is 5.97 Å². The molecule has 144 valence electrons. The average molecular weight is 376 g/mol. The van der Waals surface area contributed by atoms with Crippen molar-refractivity contribution >= 4 is 17.8 Å². The lowest BCUT2D eigenvalue weighted by molar-refractivity contribution is -0.161. The molecule has 0 unspecified atom stereocenters. The molecule has 8 nitrogen and oxygen atoms in total. The number of nitrogen functional groups attached to an aromatic ring is 1. The number of piperidine rings is 1. The van der Waals surface area contributed by atoms with Crippen LogP contribution in [0.1, 0.15) is 28.2 Å². The van der Waals surface area contributed by atoms with E-state index in [0.29, 0.717) is 11.3 Å². The van der Waals surface area contributed by atoms with Crippen LogP contribution >= 0.6 is 0 Å². The highest BCUT2D eigenvalue weighted by atomic mass is 19.1. The van der Waals surface area contributed by atoms with Gasteiger partial charge in [-0.05, 0) is 37.5 Å². The molecule has 1 amide bonds. The van der Waals surface area contributed by atoms with Crippen LogP contribution in [0.15, 0.2) is 24.3 Å². The van der Waals surface area contributed by atoms with Crippen molar-refractivity contribution in [2.45, 2.75) is 25.9 Å². The number of H-pyrrole nitrogens is 1. The van der Waals surface area contributed by atoms with E-state index < -0.39 is 29.2 Å². The Balaban J connectivity index is 1.92. The molecular formula is C18H21FN4O4. The third-order valence-corrected chi connectivity index (χ3v) is 5.01. The quantitative estimate of drug-likeness (QED) is 0.628. The number of likely N-dealkylation sites (tertiary alicyclic amines) is 1. The Morgan fingerprint density at radius 2 is 2.22 bits per heavy atom. The van der Waals surface area contributed by atoms with Crippen LogP contribution in [0.2, 0.25) is 0 Å². The number of hydrogen-bond donors (Lipinski definition) is 4. The van der Waals surface area contributed by atoms with Crippen LogP contribution in [0.5, 0.6) is 0 Å². The number of carboxylic acid groups (broad SMARTS) is 1. The Morgan fingerprint density at radius 3 is 2.81 bits per heavy atom. The van der Waals surface area contributed by atoms with Gasteiger partial charge in [0.05, 0.1) is 6.10 Å². The number of carboxylic acids is 1. The van der Waals surface area contributed by atoms with E-state index in [4.69, 9.17) is 5.73 Å². The molecule has 2 atom stereocenters. The van der Waals surface area contributed by atoms with Gasteiger partial charge in [0.2, 0.25) is 0 Å². The maximum Gasteiger partial charge on any atom is 0.314 e. The number of imidazole rings is 1. The highest BCUT2D eigenvalue weighted by Gasteiger charge is 2.50. The van der Waals surface area contributed by atoms with Crippen LogP contribution < -0.4 is 5.73 Å². The molecule has 1 aliphatic rings. The third-order valence-electron chi connectivity index (χ3n) is 5.01. The lowest BCUT2D eigenvalue weighted by atomic mass is 9.72. The van der Waals surface area contributed by atoms with Gasteiger partial charge in [-0.3, -0.25) is 9.59 Å². The molecule has 0 aliphatic carbocycles. The van der Waals surface area contributed by atoms with E-state index in [-0.39, 0.29) is 37.6 Å². The van der Waals surface area contributed by atoms with E-state index >= 15 is 0 Å². The number of aliphatic hydroxyl groups is 1. The fourth-order valence-corrected chi connectivity index (χ4v) is 3.56. The van der Waals surface area contributed by atoms with Gasteiger partial charge in [-0.25, -0.2) is 9.37 Å². The number of nitrogens with one attached hydrogen (secondary N) is 1. The summed E-state index contributed by atoms with van der Waals surface area (Å²) in [5, 5.41) is 20.4. The van der Waals surface area contributed by atoms with Gasteiger partial charge in [0.25, 0.3) is 5.91 Å². The van der Waals surface area contributed by atoms with Crippen molar-refractivity contribution in [1.82, 2.24) is 14.9 Å². The summed E-state index contributed by atoms with van der Waals surface area (Å²) in [5.41, 5.74) is 4.97. The highest BCUT2D eigenvalue weighted by molar-refractivity contribution is 5.94. The number of aliphatic carboxylic acids is 1. The molecule has 3 rings (SSSR count). The zero-order valence-corrected chi connectivity index (χ0v) is 14.8. The van der Waals surface area contributed by atoms with Crippen molar-refractivity contribution in [3.8, 4) is 0 Å². The van der Waals surface area contributed by atoms with E-state index in [9.17, 15) is 24.2 Å². The Labute approximate surface area is 154 Å². The van der Waals surface area contributed by atoms with Gasteiger partial charge in [0.15, 0.2) is 11.6 Å². The van der Waals surface area contributed by atoms with Crippen molar-refractivity contribution < 1.29 is 24.2 Å². The summed E-state index contributed by atoms with van der Waals surface area (Å²) >= 11 is 0. The first kappa shape index (κ1) is 18.8.